The van der Waals surface area contributed by atoms with Crippen molar-refractivity contribution in [3.8, 4) is 56.3 Å². The zero-order valence-electron chi connectivity index (χ0n) is 25.3. The quantitative estimate of drug-likeness (QED) is 0.193. The molecule has 0 atom stereocenters. The molecule has 0 radical (unpaired) electrons. The van der Waals surface area contributed by atoms with Crippen LogP contribution in [0.5, 0.6) is 0 Å². The first kappa shape index (κ1) is 27.3. The maximum Gasteiger partial charge on any atom is 0.160 e. The van der Waals surface area contributed by atoms with E-state index in [2.05, 4.69) is 127 Å². The third-order valence-electron chi connectivity index (χ3n) is 8.70. The average Bonchev–Trinajstić information content (AvgIpc) is 3.55. The molecule has 220 valence electrons. The smallest absolute Gasteiger partial charge is 0.160 e. The number of hydrogen-bond donors (Lipinski definition) is 0. The van der Waals surface area contributed by atoms with E-state index in [4.69, 9.17) is 15.0 Å². The Morgan fingerprint density at radius 3 is 1.64 bits per heavy atom. The molecule has 0 spiro atoms. The van der Waals surface area contributed by atoms with Gasteiger partial charge in [-0.15, -0.1) is 11.3 Å². The summed E-state index contributed by atoms with van der Waals surface area (Å²) in [5.41, 5.74) is 10.3. The molecule has 0 amide bonds. The van der Waals surface area contributed by atoms with Crippen molar-refractivity contribution in [2.45, 2.75) is 0 Å². The molecule has 0 aliphatic heterocycles. The Morgan fingerprint density at radius 2 is 0.936 bits per heavy atom. The van der Waals surface area contributed by atoms with E-state index in [-0.39, 0.29) is 0 Å². The Labute approximate surface area is 276 Å². The minimum absolute atomic E-state index is 0.716. The fraction of sp³-hybridized carbons (Fsp3) is 0. The lowest BCUT2D eigenvalue weighted by Gasteiger charge is -2.11. The van der Waals surface area contributed by atoms with E-state index in [1.165, 1.54) is 25.6 Å². The molecule has 0 aliphatic rings. The lowest BCUT2D eigenvalue weighted by molar-refractivity contribution is 1.18. The second kappa shape index (κ2) is 11.4. The topological polar surface area (TPSA) is 38.7 Å². The van der Waals surface area contributed by atoms with Gasteiger partial charge in [0.2, 0.25) is 0 Å². The minimum atomic E-state index is 0.716. The highest BCUT2D eigenvalue weighted by atomic mass is 32.1. The summed E-state index contributed by atoms with van der Waals surface area (Å²) in [6.45, 7) is 0. The van der Waals surface area contributed by atoms with Crippen LogP contribution in [0.4, 0.5) is 0 Å². The van der Waals surface area contributed by atoms with Crippen molar-refractivity contribution >= 4 is 42.4 Å². The van der Waals surface area contributed by atoms with Crippen LogP contribution in [-0.4, -0.2) is 15.0 Å². The number of nitrogens with zero attached hydrogens (tertiary/aromatic N) is 3. The first-order chi connectivity index (χ1) is 23.3. The highest BCUT2D eigenvalue weighted by molar-refractivity contribution is 7.26. The summed E-state index contributed by atoms with van der Waals surface area (Å²) in [5.74, 6) is 0.716. The summed E-state index contributed by atoms with van der Waals surface area (Å²) in [7, 11) is 0. The summed E-state index contributed by atoms with van der Waals surface area (Å²) in [6.07, 6.45) is 0. The molecule has 9 rings (SSSR count). The largest absolute Gasteiger partial charge is 0.247 e. The van der Waals surface area contributed by atoms with E-state index in [1.54, 1.807) is 0 Å². The second-order valence-electron chi connectivity index (χ2n) is 11.6. The Bertz CT molecular complexity index is 2480. The SMILES string of the molecule is c1ccc(-c2cc(-c3ccc(-c4ccc5c(c4)nc(-c4ccccc4)c4c6ccccc6sc54)cc3)nc(-c3ccccc3)n2)cc1. The number of thiophene rings is 1. The van der Waals surface area contributed by atoms with Crippen LogP contribution in [0.25, 0.3) is 87.4 Å². The van der Waals surface area contributed by atoms with E-state index in [0.29, 0.717) is 5.82 Å². The van der Waals surface area contributed by atoms with Gasteiger partial charge in [0.25, 0.3) is 0 Å². The van der Waals surface area contributed by atoms with Gasteiger partial charge in [-0.2, -0.15) is 0 Å². The van der Waals surface area contributed by atoms with Gasteiger partial charge in [-0.1, -0.05) is 146 Å². The third-order valence-corrected chi connectivity index (χ3v) is 9.90. The van der Waals surface area contributed by atoms with Crippen molar-refractivity contribution in [1.82, 2.24) is 15.0 Å². The average molecular weight is 618 g/mol. The molecule has 0 saturated carbocycles. The highest BCUT2D eigenvalue weighted by Crippen LogP contribution is 2.43. The lowest BCUT2D eigenvalue weighted by atomic mass is 9.98. The van der Waals surface area contributed by atoms with Gasteiger partial charge < -0.3 is 0 Å². The number of fused-ring (bicyclic) bond motifs is 5. The third kappa shape index (κ3) is 4.96. The van der Waals surface area contributed by atoms with Crippen molar-refractivity contribution in [1.29, 1.82) is 0 Å². The standard InChI is InChI=1S/C43H27N3S/c1-4-12-29(13-5-1)36-27-37(46-43(45-36)32-16-8-3-9-17-32)30-22-20-28(21-23-30)33-24-25-34-38(26-33)44-41(31-14-6-2-7-15-31)40-35-18-10-11-19-39(35)47-42(34)40/h1-27H. The molecule has 4 heteroatoms. The van der Waals surface area contributed by atoms with Crippen molar-refractivity contribution in [3.63, 3.8) is 0 Å². The van der Waals surface area contributed by atoms with Gasteiger partial charge in [0.15, 0.2) is 5.82 Å². The van der Waals surface area contributed by atoms with Crippen LogP contribution in [0, 0.1) is 0 Å². The van der Waals surface area contributed by atoms with Crippen LogP contribution in [0.2, 0.25) is 0 Å². The number of benzene rings is 6. The molecule has 0 saturated heterocycles. The van der Waals surface area contributed by atoms with Crippen molar-refractivity contribution < 1.29 is 0 Å². The van der Waals surface area contributed by atoms with Crippen LogP contribution >= 0.6 is 11.3 Å². The Hall–Kier alpha value is -5.97. The summed E-state index contributed by atoms with van der Waals surface area (Å²) in [5, 5.41) is 3.68. The monoisotopic (exact) mass is 617 g/mol. The van der Waals surface area contributed by atoms with Crippen LogP contribution in [0.15, 0.2) is 164 Å². The van der Waals surface area contributed by atoms with Gasteiger partial charge in [-0.3, -0.25) is 0 Å². The van der Waals surface area contributed by atoms with Crippen LogP contribution in [0.1, 0.15) is 0 Å². The summed E-state index contributed by atoms with van der Waals surface area (Å²) in [4.78, 5) is 15.3. The normalized spacial score (nSPS) is 11.4. The van der Waals surface area contributed by atoms with E-state index in [1.807, 2.05) is 47.7 Å². The number of aromatic nitrogens is 3. The van der Waals surface area contributed by atoms with E-state index in [9.17, 15) is 0 Å². The van der Waals surface area contributed by atoms with Crippen LogP contribution < -0.4 is 0 Å². The Kier molecular flexibility index (Phi) is 6.65. The van der Waals surface area contributed by atoms with Crippen molar-refractivity contribution in [2.24, 2.45) is 0 Å². The molecule has 0 fully saturated rings. The first-order valence-corrected chi connectivity index (χ1v) is 16.5. The van der Waals surface area contributed by atoms with Crippen LogP contribution in [0.3, 0.4) is 0 Å². The fourth-order valence-electron chi connectivity index (χ4n) is 6.35. The van der Waals surface area contributed by atoms with E-state index < -0.39 is 0 Å². The summed E-state index contributed by atoms with van der Waals surface area (Å²) < 4.78 is 2.56. The Morgan fingerprint density at radius 1 is 0.383 bits per heavy atom. The Balaban J connectivity index is 1.15. The molecule has 3 nitrogen and oxygen atoms in total. The molecule has 6 aromatic carbocycles. The zero-order valence-corrected chi connectivity index (χ0v) is 26.2. The molecule has 47 heavy (non-hydrogen) atoms. The number of hydrogen-bond acceptors (Lipinski definition) is 4. The van der Waals surface area contributed by atoms with Crippen LogP contribution in [-0.2, 0) is 0 Å². The van der Waals surface area contributed by atoms with Gasteiger partial charge in [-0.25, -0.2) is 15.0 Å². The highest BCUT2D eigenvalue weighted by Gasteiger charge is 2.17. The molecule has 0 unspecified atom stereocenters. The van der Waals surface area contributed by atoms with Gasteiger partial charge in [-0.05, 0) is 29.3 Å². The van der Waals surface area contributed by atoms with E-state index >= 15 is 0 Å². The molecule has 3 heterocycles. The zero-order chi connectivity index (χ0) is 31.2. The summed E-state index contributed by atoms with van der Waals surface area (Å²) >= 11 is 1.85. The molecule has 9 aromatic rings. The predicted molar refractivity (Wildman–Crippen MR) is 197 cm³/mol. The van der Waals surface area contributed by atoms with Gasteiger partial charge in [0.05, 0.1) is 22.6 Å². The number of pyridine rings is 1. The minimum Gasteiger partial charge on any atom is -0.247 e. The molecule has 0 bridgehead atoms. The molecular weight excluding hydrogens is 591 g/mol. The van der Waals surface area contributed by atoms with Gasteiger partial charge >= 0.3 is 0 Å². The van der Waals surface area contributed by atoms with Gasteiger partial charge in [0.1, 0.15) is 0 Å². The maximum absolute atomic E-state index is 5.31. The molecule has 0 aliphatic carbocycles. The molecule has 0 N–H and O–H groups in total. The fourth-order valence-corrected chi connectivity index (χ4v) is 7.59. The number of rotatable bonds is 5. The lowest BCUT2D eigenvalue weighted by Crippen LogP contribution is -1.95. The first-order valence-electron chi connectivity index (χ1n) is 15.7. The van der Waals surface area contributed by atoms with Crippen molar-refractivity contribution in [2.75, 3.05) is 0 Å². The maximum atomic E-state index is 5.31. The van der Waals surface area contributed by atoms with Gasteiger partial charge in [0, 0.05) is 47.8 Å². The second-order valence-corrected chi connectivity index (χ2v) is 12.7. The molecule has 3 aromatic heterocycles. The molecular formula is C43H27N3S. The summed E-state index contributed by atoms with van der Waals surface area (Å²) in [6, 6.07) is 57.1. The van der Waals surface area contributed by atoms with E-state index in [0.717, 1.165) is 56.0 Å². The van der Waals surface area contributed by atoms with Crippen molar-refractivity contribution in [3.05, 3.63) is 164 Å². The predicted octanol–water partition coefficient (Wildman–Crippen LogP) is 11.7.